The van der Waals surface area contributed by atoms with Gasteiger partial charge in [-0.3, -0.25) is 4.79 Å². The summed E-state index contributed by atoms with van der Waals surface area (Å²) in [6, 6.07) is 0. The summed E-state index contributed by atoms with van der Waals surface area (Å²) in [6.07, 6.45) is -7.31. The normalized spacial score (nSPS) is 15.1. The predicted molar refractivity (Wildman–Crippen MR) is 144 cm³/mol. The fourth-order valence-electron chi connectivity index (χ4n) is 4.63. The SMILES string of the molecule is CCCCCCCCC(C(CCCCCCCC(=O)OCCC(F)(F)C(F)(F)C(F)(F)C(F)(F)C(F)(F)C(F)(F)F)S(=O)(=O)[O-])S(=O)(=O)[O-].[Na+].[Na+]. The monoisotopic (exact) mass is 834 g/mol. The van der Waals surface area contributed by atoms with Crippen LogP contribution in [0, 0.1) is 0 Å². The molecule has 8 nitrogen and oxygen atoms in total. The molecule has 2 atom stereocenters. The van der Waals surface area contributed by atoms with Gasteiger partial charge < -0.3 is 13.8 Å². The number of esters is 1. The molecule has 25 heteroatoms. The fraction of sp³-hybridized carbons (Fsp3) is 0.962. The predicted octanol–water partition coefficient (Wildman–Crippen LogP) is 1.98. The van der Waals surface area contributed by atoms with Gasteiger partial charge in [-0.1, -0.05) is 71.1 Å². The molecule has 0 bridgehead atoms. The van der Waals surface area contributed by atoms with Gasteiger partial charge in [0.1, 0.15) is 0 Å². The summed E-state index contributed by atoms with van der Waals surface area (Å²) in [6.45, 7) is 0.0937. The zero-order chi connectivity index (χ0) is 38.8. The van der Waals surface area contributed by atoms with Gasteiger partial charge in [-0.05, 0) is 19.3 Å². The van der Waals surface area contributed by atoms with Crippen molar-refractivity contribution in [1.82, 2.24) is 0 Å². The molecule has 51 heavy (non-hydrogen) atoms. The second-order valence-corrected chi connectivity index (χ2v) is 14.6. The van der Waals surface area contributed by atoms with E-state index in [9.17, 15) is 87.8 Å². The van der Waals surface area contributed by atoms with Crippen molar-refractivity contribution in [3.8, 4) is 0 Å². The van der Waals surface area contributed by atoms with Gasteiger partial charge in [-0.15, -0.1) is 0 Å². The van der Waals surface area contributed by atoms with Crippen molar-refractivity contribution in [2.45, 2.75) is 150 Å². The molecule has 0 aliphatic heterocycles. The first-order valence-corrected chi connectivity index (χ1v) is 17.9. The average molecular weight is 835 g/mol. The van der Waals surface area contributed by atoms with Crippen LogP contribution in [0.3, 0.4) is 0 Å². The van der Waals surface area contributed by atoms with E-state index in [4.69, 9.17) is 0 Å². The van der Waals surface area contributed by atoms with Crippen LogP contribution in [0.1, 0.15) is 103 Å². The Labute approximate surface area is 331 Å². The van der Waals surface area contributed by atoms with Gasteiger partial charge in [0.05, 0.1) is 43.8 Å². The molecule has 0 heterocycles. The summed E-state index contributed by atoms with van der Waals surface area (Å²) in [5.41, 5.74) is 0. The van der Waals surface area contributed by atoms with E-state index in [0.29, 0.717) is 12.8 Å². The van der Waals surface area contributed by atoms with E-state index in [2.05, 4.69) is 4.74 Å². The Bertz CT molecular complexity index is 1250. The number of alkyl halides is 13. The third kappa shape index (κ3) is 15.8. The Balaban J connectivity index is -0.0000115. The summed E-state index contributed by atoms with van der Waals surface area (Å²) >= 11 is 0. The van der Waals surface area contributed by atoms with Crippen LogP contribution in [0.5, 0.6) is 0 Å². The number of halogens is 13. The molecule has 0 saturated heterocycles. The Morgan fingerprint density at radius 2 is 0.922 bits per heavy atom. The van der Waals surface area contributed by atoms with Crippen LogP contribution >= 0.6 is 0 Å². The van der Waals surface area contributed by atoms with E-state index in [1.807, 2.05) is 6.92 Å². The average Bonchev–Trinajstić information content (AvgIpc) is 2.92. The maximum atomic E-state index is 13.8. The number of hydrogen-bond acceptors (Lipinski definition) is 8. The molecule has 294 valence electrons. The number of rotatable bonds is 25. The first kappa shape index (κ1) is 55.7. The number of ether oxygens (including phenoxy) is 1. The van der Waals surface area contributed by atoms with Crippen LogP contribution in [0.2, 0.25) is 0 Å². The van der Waals surface area contributed by atoms with Crippen LogP contribution < -0.4 is 59.1 Å². The first-order valence-electron chi connectivity index (χ1n) is 14.9. The van der Waals surface area contributed by atoms with Crippen molar-refractivity contribution >= 4 is 26.2 Å². The van der Waals surface area contributed by atoms with Crippen molar-refractivity contribution in [1.29, 1.82) is 0 Å². The molecule has 0 aliphatic rings. The van der Waals surface area contributed by atoms with Gasteiger partial charge in [0, 0.05) is 6.42 Å². The Morgan fingerprint density at radius 1 is 0.569 bits per heavy atom. The summed E-state index contributed by atoms with van der Waals surface area (Å²) in [5, 5.41) is -3.98. The maximum Gasteiger partial charge on any atom is 1.00 e. The second kappa shape index (κ2) is 22.2. The minimum absolute atomic E-state index is 0. The number of hydrogen-bond donors (Lipinski definition) is 0. The summed E-state index contributed by atoms with van der Waals surface area (Å²) < 4.78 is 245. The van der Waals surface area contributed by atoms with E-state index in [0.717, 1.165) is 19.3 Å². The van der Waals surface area contributed by atoms with Crippen LogP contribution in [-0.2, 0) is 29.8 Å². The molecular weight excluding hydrogens is 797 g/mol. The van der Waals surface area contributed by atoms with Crippen LogP contribution in [-0.4, -0.2) is 84.8 Å². The van der Waals surface area contributed by atoms with Gasteiger partial charge in [-0.2, -0.15) is 57.1 Å². The van der Waals surface area contributed by atoms with E-state index in [1.54, 1.807) is 0 Å². The van der Waals surface area contributed by atoms with Gasteiger partial charge in [-0.25, -0.2) is 16.8 Å². The third-order valence-electron chi connectivity index (χ3n) is 7.55. The quantitative estimate of drug-likeness (QED) is 0.0448. The number of unbranched alkanes of at least 4 members (excludes halogenated alkanes) is 9. The molecule has 0 radical (unpaired) electrons. The van der Waals surface area contributed by atoms with Crippen molar-refractivity contribution in [2.75, 3.05) is 6.61 Å². The van der Waals surface area contributed by atoms with Crippen molar-refractivity contribution in [2.24, 2.45) is 0 Å². The molecule has 0 saturated carbocycles. The smallest absolute Gasteiger partial charge is 0.748 e. The van der Waals surface area contributed by atoms with Crippen molar-refractivity contribution in [3.63, 3.8) is 0 Å². The fourth-order valence-corrected chi connectivity index (χ4v) is 7.37. The number of carbonyl (C=O) groups is 1. The minimum Gasteiger partial charge on any atom is -0.748 e. The van der Waals surface area contributed by atoms with E-state index >= 15 is 0 Å². The largest absolute Gasteiger partial charge is 1.00 e. The van der Waals surface area contributed by atoms with Gasteiger partial charge in [0.25, 0.3) is 0 Å². The summed E-state index contributed by atoms with van der Waals surface area (Å²) in [5.74, 6) is -39.1. The van der Waals surface area contributed by atoms with Crippen molar-refractivity contribution < 1.29 is 152 Å². The van der Waals surface area contributed by atoms with Gasteiger partial charge >= 0.3 is 101 Å². The molecule has 0 aromatic carbocycles. The Kier molecular flexibility index (Phi) is 24.3. The summed E-state index contributed by atoms with van der Waals surface area (Å²) in [7, 11) is -10.4. The Morgan fingerprint density at radius 3 is 1.29 bits per heavy atom. The van der Waals surface area contributed by atoms with E-state index < -0.39 is 98.4 Å². The zero-order valence-corrected chi connectivity index (χ0v) is 33.6. The molecular formula is C26H37F13Na2O8S2. The maximum absolute atomic E-state index is 13.8. The molecule has 0 aromatic heterocycles. The molecule has 0 N–H and O–H groups in total. The zero-order valence-electron chi connectivity index (χ0n) is 28.0. The van der Waals surface area contributed by atoms with Gasteiger partial charge in [0.15, 0.2) is 0 Å². The standard InChI is InChI=1S/C26H39F13O8S2.2Na/c1-2-3-4-5-7-10-13-18(48(41,42)43)19(49(44,45)46)14-11-8-6-9-12-15-20(40)47-17-16-21(27,28)22(29,30)23(31,32)24(33,34)25(35,36)26(37,38)39;;/h18-19H,2-17H2,1H3,(H,41,42,43)(H,44,45,46);;/q;2*+1/p-2. The van der Waals surface area contributed by atoms with Crippen LogP contribution in [0.15, 0.2) is 0 Å². The molecule has 0 fully saturated rings. The molecule has 0 amide bonds. The number of carbonyl (C=O) groups excluding carboxylic acids is 1. The molecule has 0 aromatic rings. The molecule has 0 spiro atoms. The molecule has 0 aliphatic carbocycles. The van der Waals surface area contributed by atoms with Crippen molar-refractivity contribution in [3.05, 3.63) is 0 Å². The topological polar surface area (TPSA) is 141 Å². The first-order chi connectivity index (χ1) is 21.9. The van der Waals surface area contributed by atoms with Crippen LogP contribution in [0.4, 0.5) is 57.1 Å². The minimum atomic E-state index is -8.03. The van der Waals surface area contributed by atoms with Gasteiger partial charge in [0.2, 0.25) is 0 Å². The van der Waals surface area contributed by atoms with E-state index in [-0.39, 0.29) is 104 Å². The molecule has 0 rings (SSSR count). The Hall–Kier alpha value is 0.380. The van der Waals surface area contributed by atoms with Crippen LogP contribution in [0.25, 0.3) is 0 Å². The van der Waals surface area contributed by atoms with E-state index in [1.165, 1.54) is 0 Å². The molecule has 2 unspecified atom stereocenters. The second-order valence-electron chi connectivity index (χ2n) is 11.4. The summed E-state index contributed by atoms with van der Waals surface area (Å²) in [4.78, 5) is 11.7. The third-order valence-corrected chi connectivity index (χ3v) is 10.3.